The van der Waals surface area contributed by atoms with Gasteiger partial charge in [0.15, 0.2) is 6.29 Å². The van der Waals surface area contributed by atoms with Gasteiger partial charge in [-0.05, 0) is 12.0 Å². The van der Waals surface area contributed by atoms with Gasteiger partial charge >= 0.3 is 0 Å². The first-order valence-electron chi connectivity index (χ1n) is 20.3. The fourth-order valence-electron chi connectivity index (χ4n) is 6.85. The monoisotopic (exact) mass is 741 g/mol. The van der Waals surface area contributed by atoms with E-state index >= 15 is 0 Å². The van der Waals surface area contributed by atoms with Gasteiger partial charge in [-0.3, -0.25) is 4.79 Å². The zero-order valence-corrected chi connectivity index (χ0v) is 32.3. The third-order valence-corrected chi connectivity index (χ3v) is 10.5. The molecule has 1 aromatic carbocycles. The fraction of sp³-hybridized carbons (Fsp3) is 0.829. The number of amides is 1. The Morgan fingerprint density at radius 2 is 1.20 bits per heavy atom. The van der Waals surface area contributed by atoms with Crippen LogP contribution in [0.25, 0.3) is 0 Å². The van der Waals surface area contributed by atoms with Gasteiger partial charge in [-0.15, -0.1) is 11.6 Å². The maximum Gasteiger partial charge on any atom is 0.220 e. The molecule has 0 unspecified atom stereocenters. The van der Waals surface area contributed by atoms with E-state index in [1.807, 2.05) is 30.3 Å². The Labute approximate surface area is 313 Å². The molecule has 8 atom stereocenters. The minimum atomic E-state index is -1.57. The normalized spacial score (nSPS) is 22.5. The number of carbonyl (C=O) groups is 1. The van der Waals surface area contributed by atoms with Gasteiger partial charge in [0.1, 0.15) is 30.5 Å². The summed E-state index contributed by atoms with van der Waals surface area (Å²) >= 11 is 5.84. The Hall–Kier alpha value is -1.30. The highest BCUT2D eigenvalue weighted by Crippen LogP contribution is 2.24. The maximum absolute atomic E-state index is 12.9. The standard InChI is InChI=1S/C41H72ClNO8/c1-2-3-4-5-6-7-8-9-10-11-12-13-14-15-16-17-18-19-20-21-25-28-36(45)43-33(37(46)34(44)29-32-26-23-22-24-27-32)31-50-41-40(49)39(48)38(47)35(30-42)51-41/h22-24,26-27,33-35,37-41,44,46-49H,2-21,25,28-31H2,1H3,(H,43,45)/t33-,34+,35+,37-,38-,39-,40+,41-/m0/s1. The molecule has 6 N–H and O–H groups in total. The highest BCUT2D eigenvalue weighted by Gasteiger charge is 2.44. The molecule has 1 saturated heterocycles. The van der Waals surface area contributed by atoms with Crippen LogP contribution in [0.1, 0.15) is 154 Å². The van der Waals surface area contributed by atoms with Crippen LogP contribution in [0, 0.1) is 0 Å². The molecule has 0 aliphatic carbocycles. The Bertz CT molecular complexity index is 972. The molecular formula is C41H72ClNO8. The number of rotatable bonds is 31. The van der Waals surface area contributed by atoms with E-state index in [0.29, 0.717) is 6.42 Å². The van der Waals surface area contributed by atoms with Crippen molar-refractivity contribution in [3.63, 3.8) is 0 Å². The van der Waals surface area contributed by atoms with E-state index < -0.39 is 49.0 Å². The van der Waals surface area contributed by atoms with E-state index in [-0.39, 0.29) is 31.2 Å². The molecule has 296 valence electrons. The summed E-state index contributed by atoms with van der Waals surface area (Å²) in [6, 6.07) is 8.21. The van der Waals surface area contributed by atoms with E-state index in [4.69, 9.17) is 21.1 Å². The van der Waals surface area contributed by atoms with Crippen molar-refractivity contribution in [1.29, 1.82) is 0 Å². The van der Waals surface area contributed by atoms with Crippen LogP contribution in [0.15, 0.2) is 30.3 Å². The SMILES string of the molecule is CCCCCCCCCCCCCCCCCCCCCCCC(=O)N[C@@H](CO[C@H]1O[C@H](CCl)[C@H](O)[C@H](O)[C@H]1O)[C@H](O)[C@H](O)Cc1ccccc1. The molecule has 2 rings (SSSR count). The number of unbranched alkanes of at least 4 members (excludes halogenated alkanes) is 20. The number of aliphatic hydroxyl groups is 5. The van der Waals surface area contributed by atoms with Crippen LogP contribution >= 0.6 is 11.6 Å². The Morgan fingerprint density at radius 1 is 0.725 bits per heavy atom. The maximum atomic E-state index is 12.9. The van der Waals surface area contributed by atoms with E-state index in [1.54, 1.807) is 0 Å². The summed E-state index contributed by atoms with van der Waals surface area (Å²) in [5.41, 5.74) is 0.822. The summed E-state index contributed by atoms with van der Waals surface area (Å²) in [7, 11) is 0. The molecule has 0 radical (unpaired) electrons. The van der Waals surface area contributed by atoms with Crippen molar-refractivity contribution < 1.29 is 39.8 Å². The fourth-order valence-corrected chi connectivity index (χ4v) is 7.10. The molecule has 0 aromatic heterocycles. The van der Waals surface area contributed by atoms with Gasteiger partial charge in [-0.1, -0.05) is 166 Å². The van der Waals surface area contributed by atoms with Crippen LogP contribution < -0.4 is 5.32 Å². The van der Waals surface area contributed by atoms with Crippen LogP contribution in [0.5, 0.6) is 0 Å². The van der Waals surface area contributed by atoms with Crippen molar-refractivity contribution in [3.05, 3.63) is 35.9 Å². The zero-order chi connectivity index (χ0) is 37.1. The van der Waals surface area contributed by atoms with Crippen LogP contribution in [0.4, 0.5) is 0 Å². The van der Waals surface area contributed by atoms with Crippen molar-refractivity contribution in [2.75, 3.05) is 12.5 Å². The molecule has 1 amide bonds. The second kappa shape index (κ2) is 29.1. The third-order valence-electron chi connectivity index (χ3n) is 10.2. The first kappa shape index (κ1) is 45.9. The minimum Gasteiger partial charge on any atom is -0.390 e. The highest BCUT2D eigenvalue weighted by molar-refractivity contribution is 6.18. The molecule has 0 spiro atoms. The van der Waals surface area contributed by atoms with Crippen molar-refractivity contribution in [2.24, 2.45) is 0 Å². The third kappa shape index (κ3) is 20.1. The van der Waals surface area contributed by atoms with Gasteiger partial charge in [0.25, 0.3) is 0 Å². The summed E-state index contributed by atoms with van der Waals surface area (Å²) < 4.78 is 11.2. The van der Waals surface area contributed by atoms with Gasteiger partial charge in [0.2, 0.25) is 5.91 Å². The second-order valence-electron chi connectivity index (χ2n) is 14.7. The quantitative estimate of drug-likeness (QED) is 0.0349. The average Bonchev–Trinajstić information content (AvgIpc) is 3.13. The van der Waals surface area contributed by atoms with E-state index in [2.05, 4.69) is 12.2 Å². The predicted octanol–water partition coefficient (Wildman–Crippen LogP) is 7.10. The number of carbonyl (C=O) groups excluding carboxylic acids is 1. The lowest BCUT2D eigenvalue weighted by atomic mass is 9.98. The molecule has 51 heavy (non-hydrogen) atoms. The Morgan fingerprint density at radius 3 is 1.67 bits per heavy atom. The van der Waals surface area contributed by atoms with Crippen LogP contribution in [-0.2, 0) is 20.7 Å². The summed E-state index contributed by atoms with van der Waals surface area (Å²) in [6.45, 7) is 1.97. The van der Waals surface area contributed by atoms with Crippen LogP contribution in [-0.4, -0.2) is 92.9 Å². The lowest BCUT2D eigenvalue weighted by Gasteiger charge is -2.40. The van der Waals surface area contributed by atoms with Crippen molar-refractivity contribution in [2.45, 2.75) is 204 Å². The van der Waals surface area contributed by atoms with Crippen molar-refractivity contribution in [3.8, 4) is 0 Å². The number of alkyl halides is 1. The number of ether oxygens (including phenoxy) is 2. The molecule has 1 fully saturated rings. The first-order chi connectivity index (χ1) is 24.8. The molecule has 1 aliphatic heterocycles. The number of benzene rings is 1. The second-order valence-corrected chi connectivity index (χ2v) is 15.1. The van der Waals surface area contributed by atoms with Gasteiger partial charge in [-0.2, -0.15) is 0 Å². The topological polar surface area (TPSA) is 149 Å². The molecule has 9 nitrogen and oxygen atoms in total. The molecule has 1 aromatic rings. The number of halogens is 1. The predicted molar refractivity (Wildman–Crippen MR) is 205 cm³/mol. The van der Waals surface area contributed by atoms with Gasteiger partial charge in [0, 0.05) is 12.8 Å². The van der Waals surface area contributed by atoms with E-state index in [1.165, 1.54) is 109 Å². The Balaban J connectivity index is 1.59. The number of aliphatic hydroxyl groups excluding tert-OH is 5. The van der Waals surface area contributed by atoms with E-state index in [0.717, 1.165) is 24.8 Å². The summed E-state index contributed by atoms with van der Waals surface area (Å²) in [5.74, 6) is -0.408. The molecule has 1 aliphatic rings. The average molecular weight is 742 g/mol. The van der Waals surface area contributed by atoms with Gasteiger partial charge < -0.3 is 40.3 Å². The van der Waals surface area contributed by atoms with Crippen molar-refractivity contribution in [1.82, 2.24) is 5.32 Å². The van der Waals surface area contributed by atoms with E-state index in [9.17, 15) is 30.3 Å². The smallest absolute Gasteiger partial charge is 0.220 e. The number of hydrogen-bond acceptors (Lipinski definition) is 8. The van der Waals surface area contributed by atoms with Gasteiger partial charge in [0.05, 0.1) is 24.6 Å². The Kier molecular flexibility index (Phi) is 26.2. The molecule has 10 heteroatoms. The molecule has 0 saturated carbocycles. The lowest BCUT2D eigenvalue weighted by Crippen LogP contribution is -2.60. The molecule has 1 heterocycles. The van der Waals surface area contributed by atoms with Crippen LogP contribution in [0.2, 0.25) is 0 Å². The first-order valence-corrected chi connectivity index (χ1v) is 20.9. The summed E-state index contributed by atoms with van der Waals surface area (Å²) in [6.07, 6.45) is 18.2. The minimum absolute atomic E-state index is 0.136. The van der Waals surface area contributed by atoms with Crippen LogP contribution in [0.3, 0.4) is 0 Å². The van der Waals surface area contributed by atoms with Crippen molar-refractivity contribution >= 4 is 17.5 Å². The number of nitrogens with one attached hydrogen (secondary N) is 1. The summed E-state index contributed by atoms with van der Waals surface area (Å²) in [4.78, 5) is 12.9. The van der Waals surface area contributed by atoms with Gasteiger partial charge in [-0.25, -0.2) is 0 Å². The molecular weight excluding hydrogens is 670 g/mol. The largest absolute Gasteiger partial charge is 0.390 e. The lowest BCUT2D eigenvalue weighted by molar-refractivity contribution is -0.294. The summed E-state index contributed by atoms with van der Waals surface area (Å²) in [5, 5.41) is 55.4. The highest BCUT2D eigenvalue weighted by atomic mass is 35.5. The number of hydrogen-bond donors (Lipinski definition) is 6. The zero-order valence-electron chi connectivity index (χ0n) is 31.5. The molecule has 0 bridgehead atoms.